The Balaban J connectivity index is 2.19. The fraction of sp³-hybridized carbons (Fsp3) is 0.438. The number of rotatable bonds is 8. The van der Waals surface area contributed by atoms with Crippen molar-refractivity contribution < 1.29 is 19.4 Å². The zero-order chi connectivity index (χ0) is 17.7. The van der Waals surface area contributed by atoms with Crippen LogP contribution in [0.3, 0.4) is 0 Å². The lowest BCUT2D eigenvalue weighted by Gasteiger charge is -2.21. The Bertz CT molecular complexity index is 704. The number of carbonyl (C=O) groups is 1. The Kier molecular flexibility index (Phi) is 6.10. The molecule has 0 radical (unpaired) electrons. The average molecular weight is 351 g/mol. The minimum atomic E-state index is -1.02. The SMILES string of the molecule is COc1cccc(CN(C)Cc2snnc2C)c1O[C@@H](C)C(=O)O. The second-order valence-corrected chi connectivity index (χ2v) is 6.34. The number of ether oxygens (including phenoxy) is 2. The Morgan fingerprint density at radius 1 is 1.42 bits per heavy atom. The lowest BCUT2D eigenvalue weighted by molar-refractivity contribution is -0.144. The standard InChI is InChI=1S/C16H21N3O4S/c1-10-14(24-18-17-10)9-19(3)8-12-6-5-7-13(22-4)15(12)23-11(2)16(20)21/h5-7,11H,8-9H2,1-4H3,(H,20,21)/t11-/m0/s1. The summed E-state index contributed by atoms with van der Waals surface area (Å²) in [6.07, 6.45) is -0.960. The van der Waals surface area contributed by atoms with Crippen LogP contribution < -0.4 is 9.47 Å². The molecule has 1 N–H and O–H groups in total. The molecule has 2 rings (SSSR count). The number of aryl methyl sites for hydroxylation is 1. The number of hydrogen-bond donors (Lipinski definition) is 1. The molecule has 0 aliphatic carbocycles. The van der Waals surface area contributed by atoms with Crippen LogP contribution in [0.15, 0.2) is 18.2 Å². The van der Waals surface area contributed by atoms with Gasteiger partial charge in [0.1, 0.15) is 0 Å². The molecule has 0 bridgehead atoms. The van der Waals surface area contributed by atoms with E-state index in [-0.39, 0.29) is 0 Å². The first kappa shape index (κ1) is 18.2. The maximum absolute atomic E-state index is 11.1. The monoisotopic (exact) mass is 351 g/mol. The van der Waals surface area contributed by atoms with Gasteiger partial charge < -0.3 is 14.6 Å². The molecule has 0 amide bonds. The minimum absolute atomic E-state index is 0.459. The number of carboxylic acids is 1. The first-order valence-electron chi connectivity index (χ1n) is 7.44. The van der Waals surface area contributed by atoms with Crippen LogP contribution in [-0.2, 0) is 17.9 Å². The summed E-state index contributed by atoms with van der Waals surface area (Å²) in [4.78, 5) is 14.3. The minimum Gasteiger partial charge on any atom is -0.493 e. The average Bonchev–Trinajstić information content (AvgIpc) is 2.93. The number of benzene rings is 1. The quantitative estimate of drug-likeness (QED) is 0.781. The molecule has 1 atom stereocenters. The molecule has 0 fully saturated rings. The van der Waals surface area contributed by atoms with Crippen molar-refractivity contribution in [2.24, 2.45) is 0 Å². The summed E-state index contributed by atoms with van der Waals surface area (Å²) in [7, 11) is 3.51. The molecule has 1 aromatic heterocycles. The summed E-state index contributed by atoms with van der Waals surface area (Å²) < 4.78 is 14.9. The van der Waals surface area contributed by atoms with Crippen LogP contribution in [0.25, 0.3) is 0 Å². The predicted molar refractivity (Wildman–Crippen MR) is 90.5 cm³/mol. The molecule has 0 spiro atoms. The van der Waals surface area contributed by atoms with Crippen LogP contribution in [0.2, 0.25) is 0 Å². The van der Waals surface area contributed by atoms with Crippen molar-refractivity contribution in [3.05, 3.63) is 34.3 Å². The van der Waals surface area contributed by atoms with Crippen molar-refractivity contribution in [3.8, 4) is 11.5 Å². The molecule has 8 heteroatoms. The van der Waals surface area contributed by atoms with E-state index in [4.69, 9.17) is 14.6 Å². The fourth-order valence-electron chi connectivity index (χ4n) is 2.20. The van der Waals surface area contributed by atoms with E-state index in [9.17, 15) is 4.79 Å². The van der Waals surface area contributed by atoms with Gasteiger partial charge in [-0.1, -0.05) is 16.6 Å². The molecular formula is C16H21N3O4S. The van der Waals surface area contributed by atoms with Gasteiger partial charge in [0.2, 0.25) is 0 Å². The van der Waals surface area contributed by atoms with Crippen molar-refractivity contribution in [2.75, 3.05) is 14.2 Å². The number of para-hydroxylation sites is 1. The van der Waals surface area contributed by atoms with Crippen molar-refractivity contribution >= 4 is 17.5 Å². The van der Waals surface area contributed by atoms with E-state index in [0.29, 0.717) is 24.6 Å². The maximum atomic E-state index is 11.1. The molecule has 0 aliphatic rings. The number of methoxy groups -OCH3 is 1. The van der Waals surface area contributed by atoms with Gasteiger partial charge in [0.05, 0.1) is 17.7 Å². The highest BCUT2D eigenvalue weighted by atomic mass is 32.1. The highest BCUT2D eigenvalue weighted by Gasteiger charge is 2.19. The van der Waals surface area contributed by atoms with E-state index in [2.05, 4.69) is 14.5 Å². The smallest absolute Gasteiger partial charge is 0.344 e. The molecule has 1 aromatic carbocycles. The summed E-state index contributed by atoms with van der Waals surface area (Å²) >= 11 is 1.38. The number of aliphatic carboxylic acids is 1. The maximum Gasteiger partial charge on any atom is 0.344 e. The number of hydrogen-bond acceptors (Lipinski definition) is 7. The summed E-state index contributed by atoms with van der Waals surface area (Å²) in [5.74, 6) is -0.0443. The van der Waals surface area contributed by atoms with Gasteiger partial charge in [-0.2, -0.15) is 0 Å². The van der Waals surface area contributed by atoms with Gasteiger partial charge in [-0.05, 0) is 38.5 Å². The van der Waals surface area contributed by atoms with Gasteiger partial charge in [-0.15, -0.1) is 5.10 Å². The summed E-state index contributed by atoms with van der Waals surface area (Å²) in [6.45, 7) is 4.71. The van der Waals surface area contributed by atoms with Crippen LogP contribution in [-0.4, -0.2) is 45.8 Å². The molecule has 130 valence electrons. The van der Waals surface area contributed by atoms with E-state index in [1.807, 2.05) is 26.1 Å². The molecule has 2 aromatic rings. The van der Waals surface area contributed by atoms with Gasteiger partial charge >= 0.3 is 5.97 Å². The first-order chi connectivity index (χ1) is 11.4. The molecule has 24 heavy (non-hydrogen) atoms. The summed E-state index contributed by atoms with van der Waals surface area (Å²) in [5.41, 5.74) is 1.79. The molecule has 0 saturated heterocycles. The molecular weight excluding hydrogens is 330 g/mol. The molecule has 0 saturated carbocycles. The Morgan fingerprint density at radius 2 is 2.17 bits per heavy atom. The van der Waals surface area contributed by atoms with Gasteiger partial charge in [0, 0.05) is 18.7 Å². The van der Waals surface area contributed by atoms with Crippen LogP contribution in [0.4, 0.5) is 0 Å². The topological polar surface area (TPSA) is 84.8 Å². The third-order valence-corrected chi connectivity index (χ3v) is 4.33. The third kappa shape index (κ3) is 4.42. The van der Waals surface area contributed by atoms with Gasteiger partial charge in [0.15, 0.2) is 17.6 Å². The molecule has 0 aliphatic heterocycles. The largest absolute Gasteiger partial charge is 0.493 e. The van der Waals surface area contributed by atoms with Crippen molar-refractivity contribution in [2.45, 2.75) is 33.0 Å². The van der Waals surface area contributed by atoms with Gasteiger partial charge in [0.25, 0.3) is 0 Å². The van der Waals surface area contributed by atoms with Gasteiger partial charge in [-0.3, -0.25) is 4.90 Å². The number of nitrogens with zero attached hydrogens (tertiary/aromatic N) is 3. The number of carboxylic acid groups (broad SMARTS) is 1. The molecule has 0 unspecified atom stereocenters. The Hall–Kier alpha value is -2.19. The lowest BCUT2D eigenvalue weighted by atomic mass is 10.1. The zero-order valence-corrected chi connectivity index (χ0v) is 15.0. The zero-order valence-electron chi connectivity index (χ0n) is 14.1. The van der Waals surface area contributed by atoms with Crippen LogP contribution >= 0.6 is 11.5 Å². The second kappa shape index (κ2) is 8.07. The highest BCUT2D eigenvalue weighted by molar-refractivity contribution is 7.05. The normalized spacial score (nSPS) is 12.2. The van der Waals surface area contributed by atoms with E-state index in [0.717, 1.165) is 16.1 Å². The van der Waals surface area contributed by atoms with Crippen LogP contribution in [0.1, 0.15) is 23.1 Å². The van der Waals surface area contributed by atoms with E-state index in [1.165, 1.54) is 25.6 Å². The van der Waals surface area contributed by atoms with E-state index >= 15 is 0 Å². The third-order valence-electron chi connectivity index (χ3n) is 3.52. The summed E-state index contributed by atoms with van der Waals surface area (Å²) in [5, 5.41) is 13.1. The van der Waals surface area contributed by atoms with Gasteiger partial charge in [-0.25, -0.2) is 4.79 Å². The number of aromatic nitrogens is 2. The fourth-order valence-corrected chi connectivity index (χ4v) is 2.91. The predicted octanol–water partition coefficient (Wildman–Crippen LogP) is 2.34. The first-order valence-corrected chi connectivity index (χ1v) is 8.21. The van der Waals surface area contributed by atoms with Crippen molar-refractivity contribution in [3.63, 3.8) is 0 Å². The van der Waals surface area contributed by atoms with Crippen LogP contribution in [0.5, 0.6) is 11.5 Å². The second-order valence-electron chi connectivity index (χ2n) is 5.50. The lowest BCUT2D eigenvalue weighted by Crippen LogP contribution is -2.24. The summed E-state index contributed by atoms with van der Waals surface area (Å²) in [6, 6.07) is 5.52. The van der Waals surface area contributed by atoms with E-state index < -0.39 is 12.1 Å². The Morgan fingerprint density at radius 3 is 2.75 bits per heavy atom. The molecule has 7 nitrogen and oxygen atoms in total. The van der Waals surface area contributed by atoms with E-state index in [1.54, 1.807) is 6.07 Å². The van der Waals surface area contributed by atoms with Crippen molar-refractivity contribution in [1.82, 2.24) is 14.5 Å². The molecule has 1 heterocycles. The Labute approximate surface area is 145 Å². The van der Waals surface area contributed by atoms with Crippen molar-refractivity contribution in [1.29, 1.82) is 0 Å². The highest BCUT2D eigenvalue weighted by Crippen LogP contribution is 2.33. The van der Waals surface area contributed by atoms with Crippen LogP contribution in [0, 0.1) is 6.92 Å².